The van der Waals surface area contributed by atoms with E-state index in [1.165, 1.54) is 0 Å². The van der Waals surface area contributed by atoms with Crippen molar-refractivity contribution in [3.8, 4) is 0 Å². The van der Waals surface area contributed by atoms with Crippen molar-refractivity contribution in [3.05, 3.63) is 34.6 Å². The zero-order valence-corrected chi connectivity index (χ0v) is 11.0. The summed E-state index contributed by atoms with van der Waals surface area (Å²) in [6.45, 7) is 0. The monoisotopic (exact) mass is 302 g/mol. The predicted octanol–water partition coefficient (Wildman–Crippen LogP) is 3.09. The second-order valence-electron chi connectivity index (χ2n) is 5.16. The van der Waals surface area contributed by atoms with E-state index >= 15 is 0 Å². The molecule has 1 aliphatic rings. The third kappa shape index (κ3) is 2.36. The van der Waals surface area contributed by atoms with E-state index in [0.29, 0.717) is 18.9 Å². The highest BCUT2D eigenvalue weighted by molar-refractivity contribution is 5.89. The molecule has 0 heterocycles. The van der Waals surface area contributed by atoms with Crippen molar-refractivity contribution in [2.24, 2.45) is 0 Å². The van der Waals surface area contributed by atoms with Gasteiger partial charge < -0.3 is 10.2 Å². The van der Waals surface area contributed by atoms with Crippen LogP contribution in [0.5, 0.6) is 0 Å². The van der Waals surface area contributed by atoms with Crippen LogP contribution in [-0.2, 0) is 10.2 Å². The molecule has 1 fully saturated rings. The van der Waals surface area contributed by atoms with Gasteiger partial charge >= 0.3 is 11.9 Å². The van der Waals surface area contributed by atoms with Crippen LogP contribution in [0.25, 0.3) is 0 Å². The number of carboxylic acid groups (broad SMARTS) is 2. The zero-order valence-electron chi connectivity index (χ0n) is 11.0. The summed E-state index contributed by atoms with van der Waals surface area (Å²) in [5.74, 6) is -8.23. The van der Waals surface area contributed by atoms with Crippen LogP contribution < -0.4 is 0 Å². The summed E-state index contributed by atoms with van der Waals surface area (Å²) in [5, 5.41) is 18.1. The van der Waals surface area contributed by atoms with Gasteiger partial charge in [-0.25, -0.2) is 18.0 Å². The van der Waals surface area contributed by atoms with Crippen molar-refractivity contribution in [2.75, 3.05) is 0 Å². The fourth-order valence-electron chi connectivity index (χ4n) is 2.89. The Bertz CT molecular complexity index is 607. The first-order valence-electron chi connectivity index (χ1n) is 6.46. The van der Waals surface area contributed by atoms with Gasteiger partial charge in [-0.2, -0.15) is 0 Å². The van der Waals surface area contributed by atoms with Crippen LogP contribution in [-0.4, -0.2) is 22.2 Å². The lowest BCUT2D eigenvalue weighted by molar-refractivity contribution is -0.145. The smallest absolute Gasteiger partial charge is 0.341 e. The molecular formula is C14H13F3O4. The zero-order chi connectivity index (χ0) is 15.8. The lowest BCUT2D eigenvalue weighted by atomic mass is 9.69. The Hall–Kier alpha value is -2.05. The van der Waals surface area contributed by atoms with Gasteiger partial charge in [0.2, 0.25) is 0 Å². The van der Waals surface area contributed by atoms with E-state index in [1.54, 1.807) is 0 Å². The normalized spacial score (nSPS) is 17.5. The van der Waals surface area contributed by atoms with Crippen molar-refractivity contribution in [1.82, 2.24) is 0 Å². The van der Waals surface area contributed by atoms with E-state index in [2.05, 4.69) is 0 Å². The highest BCUT2D eigenvalue weighted by atomic mass is 19.2. The highest BCUT2D eigenvalue weighted by Gasteiger charge is 2.45. The molecule has 1 aromatic carbocycles. The van der Waals surface area contributed by atoms with Crippen molar-refractivity contribution >= 4 is 11.9 Å². The molecule has 0 aliphatic heterocycles. The molecule has 2 rings (SSSR count). The second-order valence-corrected chi connectivity index (χ2v) is 5.16. The number of aromatic carboxylic acids is 1. The lowest BCUT2D eigenvalue weighted by Crippen LogP contribution is -2.39. The maximum atomic E-state index is 14.1. The van der Waals surface area contributed by atoms with Gasteiger partial charge in [0, 0.05) is 5.56 Å². The minimum atomic E-state index is -1.94. The van der Waals surface area contributed by atoms with Gasteiger partial charge in [0.1, 0.15) is 11.4 Å². The first kappa shape index (κ1) is 15.3. The molecule has 1 aliphatic carbocycles. The van der Waals surface area contributed by atoms with Crippen molar-refractivity contribution in [2.45, 2.75) is 37.5 Å². The average molecular weight is 302 g/mol. The van der Waals surface area contributed by atoms with E-state index in [1.807, 2.05) is 0 Å². The number of rotatable bonds is 3. The van der Waals surface area contributed by atoms with Crippen LogP contribution in [0.2, 0.25) is 0 Å². The lowest BCUT2D eigenvalue weighted by Gasteiger charge is -2.34. The number of hydrogen-bond acceptors (Lipinski definition) is 2. The van der Waals surface area contributed by atoms with Gasteiger partial charge in [0.05, 0.1) is 5.41 Å². The predicted molar refractivity (Wildman–Crippen MR) is 65.7 cm³/mol. The summed E-state index contributed by atoms with van der Waals surface area (Å²) < 4.78 is 41.6. The summed E-state index contributed by atoms with van der Waals surface area (Å²) in [5.41, 5.74) is -3.73. The van der Waals surface area contributed by atoms with Crippen LogP contribution in [0.1, 0.15) is 48.0 Å². The van der Waals surface area contributed by atoms with Crippen molar-refractivity contribution in [1.29, 1.82) is 0 Å². The maximum Gasteiger partial charge on any atom is 0.341 e. The Morgan fingerprint density at radius 2 is 1.57 bits per heavy atom. The van der Waals surface area contributed by atoms with E-state index in [-0.39, 0.29) is 12.8 Å². The molecule has 21 heavy (non-hydrogen) atoms. The molecule has 0 atom stereocenters. The summed E-state index contributed by atoms with van der Waals surface area (Å²) >= 11 is 0. The summed E-state index contributed by atoms with van der Waals surface area (Å²) in [6, 6.07) is 0.501. The molecule has 0 unspecified atom stereocenters. The molecule has 2 N–H and O–H groups in total. The van der Waals surface area contributed by atoms with Crippen LogP contribution in [0.3, 0.4) is 0 Å². The molecule has 1 aromatic rings. The third-order valence-corrected chi connectivity index (χ3v) is 4.00. The molecule has 0 bridgehead atoms. The van der Waals surface area contributed by atoms with Crippen LogP contribution >= 0.6 is 0 Å². The minimum Gasteiger partial charge on any atom is -0.481 e. The van der Waals surface area contributed by atoms with Gasteiger partial charge in [-0.15, -0.1) is 0 Å². The molecule has 0 amide bonds. The van der Waals surface area contributed by atoms with Crippen molar-refractivity contribution in [3.63, 3.8) is 0 Å². The van der Waals surface area contributed by atoms with Gasteiger partial charge in [-0.05, 0) is 18.9 Å². The minimum absolute atomic E-state index is 0.0601. The molecule has 0 radical (unpaired) electrons. The number of carbonyl (C=O) groups is 2. The van der Waals surface area contributed by atoms with Crippen LogP contribution in [0.15, 0.2) is 6.07 Å². The first-order valence-corrected chi connectivity index (χ1v) is 6.46. The van der Waals surface area contributed by atoms with E-state index in [0.717, 1.165) is 6.42 Å². The molecule has 0 aromatic heterocycles. The summed E-state index contributed by atoms with van der Waals surface area (Å²) in [4.78, 5) is 22.3. The second kappa shape index (κ2) is 5.38. The number of aliphatic carboxylic acids is 1. The van der Waals surface area contributed by atoms with Crippen LogP contribution in [0, 0.1) is 17.5 Å². The maximum absolute atomic E-state index is 14.1. The van der Waals surface area contributed by atoms with Gasteiger partial charge in [0.15, 0.2) is 11.6 Å². The van der Waals surface area contributed by atoms with E-state index in [9.17, 15) is 27.9 Å². The Morgan fingerprint density at radius 3 is 2.05 bits per heavy atom. The Labute approximate surface area is 118 Å². The Morgan fingerprint density at radius 1 is 1.00 bits per heavy atom. The van der Waals surface area contributed by atoms with Gasteiger partial charge in [-0.3, -0.25) is 4.79 Å². The van der Waals surface area contributed by atoms with Crippen molar-refractivity contribution < 1.29 is 33.0 Å². The number of carboxylic acids is 2. The average Bonchev–Trinajstić information content (AvgIpc) is 2.43. The topological polar surface area (TPSA) is 74.6 Å². The third-order valence-electron chi connectivity index (χ3n) is 4.00. The fraction of sp³-hybridized carbons (Fsp3) is 0.429. The highest BCUT2D eigenvalue weighted by Crippen LogP contribution is 2.42. The first-order chi connectivity index (χ1) is 9.81. The molecule has 1 saturated carbocycles. The SMILES string of the molecule is O=C(O)c1c(F)cc(C2(C(=O)O)CCCCC2)c(F)c1F. The summed E-state index contributed by atoms with van der Waals surface area (Å²) in [6.07, 6.45) is 1.87. The van der Waals surface area contributed by atoms with E-state index < -0.39 is 45.9 Å². The largest absolute Gasteiger partial charge is 0.481 e. The Kier molecular flexibility index (Phi) is 3.93. The van der Waals surface area contributed by atoms with Gasteiger partial charge in [-0.1, -0.05) is 19.3 Å². The van der Waals surface area contributed by atoms with E-state index in [4.69, 9.17) is 5.11 Å². The molecule has 0 saturated heterocycles. The quantitative estimate of drug-likeness (QED) is 0.841. The molecule has 0 spiro atoms. The molecule has 114 valence electrons. The molecule has 4 nitrogen and oxygen atoms in total. The molecular weight excluding hydrogens is 289 g/mol. The Balaban J connectivity index is 2.68. The molecule has 7 heteroatoms. The fourth-order valence-corrected chi connectivity index (χ4v) is 2.89. The number of halogens is 3. The number of hydrogen-bond donors (Lipinski definition) is 2. The summed E-state index contributed by atoms with van der Waals surface area (Å²) in [7, 11) is 0. The standard InChI is InChI=1S/C14H13F3O4/c15-8-6-7(10(16)11(17)9(8)12(18)19)14(13(20)21)4-2-1-3-5-14/h6H,1-5H2,(H,18,19)(H,20,21). The van der Waals surface area contributed by atoms with Crippen LogP contribution in [0.4, 0.5) is 13.2 Å². The number of benzene rings is 1. The van der Waals surface area contributed by atoms with Gasteiger partial charge in [0.25, 0.3) is 0 Å².